The summed E-state index contributed by atoms with van der Waals surface area (Å²) in [5, 5.41) is 14.3. The summed E-state index contributed by atoms with van der Waals surface area (Å²) in [6, 6.07) is 13.5. The van der Waals surface area contributed by atoms with Gasteiger partial charge in [-0.2, -0.15) is 0 Å². The Kier molecular flexibility index (Phi) is 6.62. The molecule has 0 saturated carbocycles. The van der Waals surface area contributed by atoms with Crippen molar-refractivity contribution in [2.24, 2.45) is 0 Å². The molecule has 1 aromatic heterocycles. The van der Waals surface area contributed by atoms with Gasteiger partial charge in [-0.25, -0.2) is 0 Å². The number of carbonyl (C=O) groups excluding carboxylic acids is 1. The average molecular weight is 475 g/mol. The maximum absolute atomic E-state index is 14.0. The van der Waals surface area contributed by atoms with E-state index in [1.54, 1.807) is 12.1 Å². The van der Waals surface area contributed by atoms with Crippen LogP contribution in [0.2, 0.25) is 0 Å². The quantitative estimate of drug-likeness (QED) is 0.581. The fourth-order valence-electron chi connectivity index (χ4n) is 5.40. The zero-order valence-electron chi connectivity index (χ0n) is 20.7. The molecular formula is C28H34N4O3. The minimum Gasteiger partial charge on any atom is -0.508 e. The Labute approximate surface area is 206 Å². The van der Waals surface area contributed by atoms with Crippen molar-refractivity contribution in [2.45, 2.75) is 44.9 Å². The van der Waals surface area contributed by atoms with Gasteiger partial charge in [0.15, 0.2) is 0 Å². The first-order valence-corrected chi connectivity index (χ1v) is 12.5. The van der Waals surface area contributed by atoms with E-state index in [0.717, 1.165) is 47.1 Å². The van der Waals surface area contributed by atoms with Crippen molar-refractivity contribution < 1.29 is 14.6 Å². The van der Waals surface area contributed by atoms with Gasteiger partial charge in [0, 0.05) is 38.1 Å². The Morgan fingerprint density at radius 1 is 1.17 bits per heavy atom. The number of morpholine rings is 1. The molecule has 0 unspecified atom stereocenters. The molecule has 5 rings (SSSR count). The lowest BCUT2D eigenvalue weighted by Crippen LogP contribution is -2.46. The van der Waals surface area contributed by atoms with E-state index < -0.39 is 0 Å². The highest BCUT2D eigenvalue weighted by atomic mass is 16.5. The van der Waals surface area contributed by atoms with Crippen LogP contribution in [-0.2, 0) is 4.74 Å². The van der Waals surface area contributed by atoms with Gasteiger partial charge in [0.25, 0.3) is 5.91 Å². The summed E-state index contributed by atoms with van der Waals surface area (Å²) >= 11 is 0. The van der Waals surface area contributed by atoms with E-state index >= 15 is 0 Å². The number of aromatic nitrogens is 1. The molecular weight excluding hydrogens is 440 g/mol. The number of benzene rings is 2. The van der Waals surface area contributed by atoms with Crippen molar-refractivity contribution in [3.63, 3.8) is 0 Å². The first kappa shape index (κ1) is 23.6. The third-order valence-electron chi connectivity index (χ3n) is 7.00. The third kappa shape index (κ3) is 4.97. The molecule has 2 aliphatic heterocycles. The van der Waals surface area contributed by atoms with Crippen LogP contribution in [0, 0.1) is 0 Å². The Bertz CT molecular complexity index is 1210. The number of amides is 1. The van der Waals surface area contributed by atoms with E-state index in [9.17, 15) is 9.90 Å². The van der Waals surface area contributed by atoms with Crippen molar-refractivity contribution in [3.05, 3.63) is 54.2 Å². The molecule has 0 radical (unpaired) electrons. The summed E-state index contributed by atoms with van der Waals surface area (Å²) < 4.78 is 5.96. The molecule has 0 bridgehead atoms. The number of phenolic OH excluding ortho intramolecular Hbond substituents is 1. The number of hydrogen-bond acceptors (Lipinski definition) is 6. The molecule has 0 aliphatic carbocycles. The molecule has 184 valence electrons. The van der Waals surface area contributed by atoms with Crippen LogP contribution in [0.5, 0.6) is 5.75 Å². The lowest BCUT2D eigenvalue weighted by atomic mass is 9.98. The highest BCUT2D eigenvalue weighted by molar-refractivity contribution is 6.11. The van der Waals surface area contributed by atoms with Crippen LogP contribution in [0.4, 0.5) is 5.69 Å². The summed E-state index contributed by atoms with van der Waals surface area (Å²) in [5.41, 5.74) is 4.14. The number of anilines is 1. The summed E-state index contributed by atoms with van der Waals surface area (Å²) in [4.78, 5) is 22.9. The fourth-order valence-corrected chi connectivity index (χ4v) is 5.40. The van der Waals surface area contributed by atoms with Crippen LogP contribution in [0.1, 0.15) is 37.0 Å². The number of hydrogen-bond donors (Lipinski definition) is 2. The summed E-state index contributed by atoms with van der Waals surface area (Å²) in [6.45, 7) is 7.22. The van der Waals surface area contributed by atoms with Crippen LogP contribution in [0.25, 0.3) is 22.0 Å². The van der Waals surface area contributed by atoms with Crippen LogP contribution in [0.3, 0.4) is 0 Å². The van der Waals surface area contributed by atoms with Crippen LogP contribution >= 0.6 is 0 Å². The molecule has 35 heavy (non-hydrogen) atoms. The topological polar surface area (TPSA) is 77.9 Å². The Balaban J connectivity index is 1.62. The van der Waals surface area contributed by atoms with Crippen LogP contribution in [-0.4, -0.2) is 72.4 Å². The van der Waals surface area contributed by atoms with E-state index in [-0.39, 0.29) is 23.9 Å². The number of ether oxygens (including phenoxy) is 1. The molecule has 7 heteroatoms. The van der Waals surface area contributed by atoms with Crippen molar-refractivity contribution >= 4 is 22.5 Å². The third-order valence-corrected chi connectivity index (χ3v) is 7.00. The van der Waals surface area contributed by atoms with Gasteiger partial charge in [0.1, 0.15) is 5.75 Å². The van der Waals surface area contributed by atoms with Gasteiger partial charge in [0.2, 0.25) is 0 Å². The zero-order valence-corrected chi connectivity index (χ0v) is 20.7. The van der Waals surface area contributed by atoms with Gasteiger partial charge in [-0.05, 0) is 68.6 Å². The minimum absolute atomic E-state index is 0.000886. The predicted octanol–water partition coefficient (Wildman–Crippen LogP) is 4.05. The highest BCUT2D eigenvalue weighted by Crippen LogP contribution is 2.34. The van der Waals surface area contributed by atoms with Gasteiger partial charge in [-0.1, -0.05) is 18.2 Å². The number of aromatic hydroxyl groups is 1. The van der Waals surface area contributed by atoms with Crippen molar-refractivity contribution in [2.75, 3.05) is 38.1 Å². The summed E-state index contributed by atoms with van der Waals surface area (Å²) in [7, 11) is 1.89. The second kappa shape index (κ2) is 9.84. The van der Waals surface area contributed by atoms with Gasteiger partial charge in [0.05, 0.1) is 35.2 Å². The molecule has 2 N–H and O–H groups in total. The van der Waals surface area contributed by atoms with Crippen LogP contribution in [0.15, 0.2) is 48.7 Å². The van der Waals surface area contributed by atoms with E-state index in [0.29, 0.717) is 31.2 Å². The monoisotopic (exact) mass is 474 g/mol. The molecule has 3 heterocycles. The molecule has 1 amide bonds. The lowest BCUT2D eigenvalue weighted by Gasteiger charge is -2.38. The van der Waals surface area contributed by atoms with Crippen molar-refractivity contribution in [3.8, 4) is 16.9 Å². The van der Waals surface area contributed by atoms with Gasteiger partial charge >= 0.3 is 0 Å². The van der Waals surface area contributed by atoms with Crippen molar-refractivity contribution in [1.82, 2.24) is 15.2 Å². The Morgan fingerprint density at radius 2 is 1.94 bits per heavy atom. The molecule has 2 fully saturated rings. The smallest absolute Gasteiger partial charge is 0.256 e. The first-order chi connectivity index (χ1) is 16.9. The number of nitrogens with one attached hydrogen (secondary N) is 1. The minimum atomic E-state index is 0.000886. The highest BCUT2D eigenvalue weighted by Gasteiger charge is 2.29. The molecule has 7 nitrogen and oxygen atoms in total. The summed E-state index contributed by atoms with van der Waals surface area (Å²) in [5.74, 6) is 0.215. The normalized spacial score (nSPS) is 22.5. The first-order valence-electron chi connectivity index (χ1n) is 12.5. The van der Waals surface area contributed by atoms with Gasteiger partial charge in [-0.3, -0.25) is 9.78 Å². The molecule has 2 saturated heterocycles. The molecule has 3 atom stereocenters. The van der Waals surface area contributed by atoms with Crippen molar-refractivity contribution in [1.29, 1.82) is 0 Å². The molecule has 0 spiro atoms. The lowest BCUT2D eigenvalue weighted by molar-refractivity contribution is -0.00530. The maximum atomic E-state index is 14.0. The van der Waals surface area contributed by atoms with E-state index in [2.05, 4.69) is 24.1 Å². The van der Waals surface area contributed by atoms with E-state index in [1.165, 1.54) is 0 Å². The molecule has 2 aliphatic rings. The Hall–Kier alpha value is -3.16. The fraction of sp³-hybridized carbons (Fsp3) is 0.429. The van der Waals surface area contributed by atoms with Crippen LogP contribution < -0.4 is 10.2 Å². The largest absolute Gasteiger partial charge is 0.508 e. The number of carbonyl (C=O) groups is 1. The maximum Gasteiger partial charge on any atom is 0.256 e. The number of rotatable bonds is 5. The molecule has 3 aromatic rings. The average Bonchev–Trinajstić information content (AvgIpc) is 3.35. The van der Waals surface area contributed by atoms with Gasteiger partial charge < -0.3 is 25.0 Å². The predicted molar refractivity (Wildman–Crippen MR) is 139 cm³/mol. The Morgan fingerprint density at radius 3 is 2.66 bits per heavy atom. The molecule has 2 aromatic carbocycles. The number of likely N-dealkylation sites (N-methyl/N-ethyl adjacent to an activating group) is 1. The van der Waals surface area contributed by atoms with Gasteiger partial charge in [-0.15, -0.1) is 0 Å². The number of phenols is 1. The number of pyridine rings is 1. The van der Waals surface area contributed by atoms with E-state index in [4.69, 9.17) is 9.72 Å². The number of nitrogens with zero attached hydrogens (tertiary/aromatic N) is 3. The SMILES string of the molecule is C[C@@H]1CN(c2cnc3ccc(-c4cccc(O)c4)cc3c2C(=O)N(C)C[C@@H]2CCCN2)C[C@H](C)O1. The summed E-state index contributed by atoms with van der Waals surface area (Å²) in [6.07, 6.45) is 4.21. The second-order valence-electron chi connectivity index (χ2n) is 9.94. The standard InChI is InChI=1S/C28H34N4O3/c1-18-15-32(16-19(2)35-18)26-14-30-25-10-9-21(20-6-4-8-23(33)12-20)13-24(25)27(26)28(34)31(3)17-22-7-5-11-29-22/h4,6,8-10,12-14,18-19,22,29,33H,5,7,11,15-17H2,1-3H3/t18-,19+,22-/m0/s1. The zero-order chi connectivity index (χ0) is 24.5. The second-order valence-corrected chi connectivity index (χ2v) is 9.94. The van der Waals surface area contributed by atoms with E-state index in [1.807, 2.05) is 48.5 Å². The number of fused-ring (bicyclic) bond motifs is 1.